The van der Waals surface area contributed by atoms with Crippen molar-refractivity contribution < 1.29 is 0 Å². The molecule has 2 atom stereocenters. The summed E-state index contributed by atoms with van der Waals surface area (Å²) in [5.74, 6) is 1.64. The fraction of sp³-hybridized carbons (Fsp3) is 0.500. The fourth-order valence-electron chi connectivity index (χ4n) is 2.30. The summed E-state index contributed by atoms with van der Waals surface area (Å²) in [4.78, 5) is 4.20. The van der Waals surface area contributed by atoms with Crippen LogP contribution in [0, 0.1) is 5.92 Å². The molecule has 0 bridgehead atoms. The summed E-state index contributed by atoms with van der Waals surface area (Å²) >= 11 is 12.6. The molecule has 1 aliphatic heterocycles. The van der Waals surface area contributed by atoms with Gasteiger partial charge < -0.3 is 24.8 Å². The Morgan fingerprint density at radius 3 is 3.06 bits per heavy atom. The molecule has 1 nitrogen and oxygen atoms in total. The lowest BCUT2D eigenvalue weighted by molar-refractivity contribution is 0.454. The second-order valence-corrected chi connectivity index (χ2v) is 6.57. The molecule has 1 aromatic heterocycles. The van der Waals surface area contributed by atoms with E-state index in [0.29, 0.717) is 10.1 Å². The number of nitrogens with zero attached hydrogens (tertiary/aromatic N) is 1. The van der Waals surface area contributed by atoms with E-state index >= 15 is 0 Å². The zero-order valence-corrected chi connectivity index (χ0v) is 11.6. The molecule has 0 amide bonds. The van der Waals surface area contributed by atoms with Crippen molar-refractivity contribution in [3.63, 3.8) is 0 Å². The van der Waals surface area contributed by atoms with Gasteiger partial charge in [0.15, 0.2) is 0 Å². The fourth-order valence-corrected chi connectivity index (χ4v) is 4.73. The van der Waals surface area contributed by atoms with Crippen molar-refractivity contribution in [1.82, 2.24) is 4.98 Å². The summed E-state index contributed by atoms with van der Waals surface area (Å²) in [6, 6.07) is 4.06. The van der Waals surface area contributed by atoms with Crippen LogP contribution in [0.4, 0.5) is 0 Å². The molecule has 16 heavy (non-hydrogen) atoms. The van der Waals surface area contributed by atoms with Crippen LogP contribution in [0.25, 0.3) is 0 Å². The Bertz CT molecular complexity index is 379. The predicted molar refractivity (Wildman–Crippen MR) is 76.7 cm³/mol. The van der Waals surface area contributed by atoms with E-state index in [-0.39, 0.29) is 4.75 Å². The van der Waals surface area contributed by atoms with E-state index < -0.39 is 0 Å². The Hall–Kier alpha value is -0.190. The Kier molecular flexibility index (Phi) is 3.82. The van der Waals surface area contributed by atoms with Gasteiger partial charge in [-0.15, -0.1) is 16.0 Å². The summed E-state index contributed by atoms with van der Waals surface area (Å²) in [6.07, 6.45) is 6.15. The average Bonchev–Trinajstić information content (AvgIpc) is 2.30. The number of thiocarbonyl (C=S) groups is 1. The summed E-state index contributed by atoms with van der Waals surface area (Å²) in [5, 5.41) is 0. The van der Waals surface area contributed by atoms with Crippen molar-refractivity contribution in [3.05, 3.63) is 30.1 Å². The van der Waals surface area contributed by atoms with Crippen LogP contribution in [0.2, 0.25) is 0 Å². The third-order valence-corrected chi connectivity index (χ3v) is 5.89. The topological polar surface area (TPSA) is 12.9 Å². The van der Waals surface area contributed by atoms with Crippen LogP contribution in [0.5, 0.6) is 0 Å². The minimum absolute atomic E-state index is 0.169. The van der Waals surface area contributed by atoms with Gasteiger partial charge >= 0.3 is 0 Å². The largest absolute Gasteiger partial charge is 0.431 e. The first kappa shape index (κ1) is 12.3. The van der Waals surface area contributed by atoms with Crippen molar-refractivity contribution in [2.45, 2.75) is 24.5 Å². The van der Waals surface area contributed by atoms with E-state index in [1.165, 1.54) is 18.4 Å². The smallest absolute Gasteiger partial charge is 0.0519 e. The van der Waals surface area contributed by atoms with Crippen LogP contribution < -0.4 is 0 Å². The molecule has 1 fully saturated rings. The number of rotatable bonds is 2. The van der Waals surface area contributed by atoms with Crippen molar-refractivity contribution in [3.8, 4) is 0 Å². The molecule has 2 unspecified atom stereocenters. The summed E-state index contributed by atoms with van der Waals surface area (Å²) < 4.78 is 0.509. The molecule has 0 saturated carbocycles. The number of hydrogen-bond acceptors (Lipinski definition) is 4. The third-order valence-electron chi connectivity index (χ3n) is 3.20. The summed E-state index contributed by atoms with van der Waals surface area (Å²) in [6.45, 7) is 2.25. The molecule has 1 aliphatic rings. The maximum Gasteiger partial charge on any atom is 0.0519 e. The van der Waals surface area contributed by atoms with Crippen LogP contribution in [-0.2, 0) is 17.4 Å². The Morgan fingerprint density at radius 1 is 1.69 bits per heavy atom. The van der Waals surface area contributed by atoms with Crippen LogP contribution in [0.1, 0.15) is 25.3 Å². The van der Waals surface area contributed by atoms with Crippen LogP contribution in [-0.4, -0.2) is 14.9 Å². The first-order chi connectivity index (χ1) is 7.68. The second kappa shape index (κ2) is 4.98. The minimum atomic E-state index is -0.169. The lowest BCUT2D eigenvalue weighted by Gasteiger charge is -2.45. The molecule has 0 N–H and O–H groups in total. The third kappa shape index (κ3) is 1.98. The molecule has 2 rings (SSSR count). The highest BCUT2D eigenvalue weighted by Gasteiger charge is 2.39. The maximum atomic E-state index is 5.35. The molecule has 1 saturated heterocycles. The maximum absolute atomic E-state index is 5.35. The molecule has 1 aromatic rings. The molecule has 0 spiro atoms. The lowest BCUT2D eigenvalue weighted by atomic mass is 9.85. The quantitative estimate of drug-likeness (QED) is 0.602. The van der Waals surface area contributed by atoms with E-state index in [9.17, 15) is 0 Å². The van der Waals surface area contributed by atoms with E-state index in [4.69, 9.17) is 24.8 Å². The van der Waals surface area contributed by atoms with Crippen LogP contribution in [0.15, 0.2) is 24.5 Å². The van der Waals surface area contributed by atoms with Gasteiger partial charge in [0.05, 0.1) is 4.75 Å². The second-order valence-electron chi connectivity index (χ2n) is 4.16. The Balaban J connectivity index is 2.46. The highest BCUT2D eigenvalue weighted by Crippen LogP contribution is 2.49. The van der Waals surface area contributed by atoms with Crippen LogP contribution >= 0.6 is 24.0 Å². The molecule has 0 aliphatic carbocycles. The molecule has 0 aromatic carbocycles. The number of aromatic nitrogens is 1. The highest BCUT2D eigenvalue weighted by molar-refractivity contribution is 8.08. The van der Waals surface area contributed by atoms with E-state index in [1.54, 1.807) is 6.20 Å². The van der Waals surface area contributed by atoms with Gasteiger partial charge in [0.25, 0.3) is 0 Å². The van der Waals surface area contributed by atoms with Crippen LogP contribution in [0.3, 0.4) is 0 Å². The van der Waals surface area contributed by atoms with Crippen molar-refractivity contribution in [2.75, 3.05) is 5.75 Å². The van der Waals surface area contributed by atoms with Gasteiger partial charge in [0.2, 0.25) is 0 Å². The zero-order chi connectivity index (χ0) is 11.6. The van der Waals surface area contributed by atoms with E-state index in [0.717, 1.165) is 5.75 Å². The predicted octanol–water partition coefficient (Wildman–Crippen LogP) is 3.31. The molecule has 0 radical (unpaired) electrons. The standard InChI is InChI=1S/C12H15NS3/c1-9-4-3-7-16-12(9,11(14)15)10-5-2-6-13-8-10/h2,5-6,8-9H,3-4,7H2,1H3,(H,14,15)/p-1. The minimum Gasteiger partial charge on any atom is -0.431 e. The SMILES string of the molecule is CC1CCCSC1(C(=S)[S-])c1cccnc1. The lowest BCUT2D eigenvalue weighted by Crippen LogP contribution is -2.39. The number of hydrogen-bond donors (Lipinski definition) is 0. The van der Waals surface area contributed by atoms with Gasteiger partial charge in [0, 0.05) is 12.4 Å². The zero-order valence-electron chi connectivity index (χ0n) is 9.18. The first-order valence-corrected chi connectivity index (χ1v) is 7.24. The molecule has 4 heteroatoms. The average molecular weight is 268 g/mol. The normalized spacial score (nSPS) is 29.9. The molecular weight excluding hydrogens is 254 g/mol. The highest BCUT2D eigenvalue weighted by atomic mass is 32.2. The van der Waals surface area contributed by atoms with E-state index in [1.807, 2.05) is 24.0 Å². The van der Waals surface area contributed by atoms with Crippen molar-refractivity contribution in [2.24, 2.45) is 5.92 Å². The molecular formula is C12H14NS3-. The molecule has 86 valence electrons. The van der Waals surface area contributed by atoms with Crippen molar-refractivity contribution >= 4 is 40.8 Å². The van der Waals surface area contributed by atoms with Gasteiger partial charge in [-0.3, -0.25) is 4.98 Å². The Labute approximate surface area is 112 Å². The monoisotopic (exact) mass is 268 g/mol. The van der Waals surface area contributed by atoms with Crippen molar-refractivity contribution in [1.29, 1.82) is 0 Å². The Morgan fingerprint density at radius 2 is 2.50 bits per heavy atom. The van der Waals surface area contributed by atoms with Gasteiger partial charge in [-0.05, 0) is 36.1 Å². The first-order valence-electron chi connectivity index (χ1n) is 5.44. The van der Waals surface area contributed by atoms with Gasteiger partial charge in [-0.25, -0.2) is 0 Å². The summed E-state index contributed by atoms with van der Waals surface area (Å²) in [5.41, 5.74) is 1.17. The van der Waals surface area contributed by atoms with Gasteiger partial charge in [-0.1, -0.05) is 13.0 Å². The molecule has 2 heterocycles. The summed E-state index contributed by atoms with van der Waals surface area (Å²) in [7, 11) is 0. The van der Waals surface area contributed by atoms with Gasteiger partial charge in [-0.2, -0.15) is 0 Å². The number of pyridine rings is 1. The number of thioether (sulfide) groups is 1. The van der Waals surface area contributed by atoms with Gasteiger partial charge in [0.1, 0.15) is 0 Å². The van der Waals surface area contributed by atoms with E-state index in [2.05, 4.69) is 18.0 Å².